The van der Waals surface area contributed by atoms with Gasteiger partial charge in [-0.05, 0) is 31.1 Å². The average Bonchev–Trinajstić information content (AvgIpc) is 3.16. The third-order valence-electron chi connectivity index (χ3n) is 11.2. The largest absolute Gasteiger partial charge is 0.462 e. The lowest BCUT2D eigenvalue weighted by atomic mass is 10.0. The SMILES string of the molecule is CCCCCCCCCCCCCCCCCC(=O)OC[C@H](COC(=O)CCCCCCCCCCCCC(C)C)OC(=O)CCCCCCCCCC(C)C. The summed E-state index contributed by atoms with van der Waals surface area (Å²) in [5.41, 5.74) is 0. The predicted octanol–water partition coefficient (Wildman–Crippen LogP) is 15.8. The van der Waals surface area contributed by atoms with Gasteiger partial charge in [-0.3, -0.25) is 14.4 Å². The second kappa shape index (κ2) is 43.0. The molecule has 0 aliphatic heterocycles. The first kappa shape index (κ1) is 54.4. The number of unbranched alkanes of at least 4 members (excludes halogenated alkanes) is 29. The quantitative estimate of drug-likeness (QED) is 0.0347. The zero-order chi connectivity index (χ0) is 41.2. The van der Waals surface area contributed by atoms with Gasteiger partial charge in [-0.25, -0.2) is 0 Å². The van der Waals surface area contributed by atoms with Gasteiger partial charge >= 0.3 is 17.9 Å². The van der Waals surface area contributed by atoms with Gasteiger partial charge in [0.2, 0.25) is 0 Å². The van der Waals surface area contributed by atoms with Crippen molar-refractivity contribution in [2.45, 2.75) is 278 Å². The van der Waals surface area contributed by atoms with Crippen LogP contribution in [0.3, 0.4) is 0 Å². The highest BCUT2D eigenvalue weighted by Gasteiger charge is 2.19. The Balaban J connectivity index is 4.29. The Morgan fingerprint density at radius 1 is 0.339 bits per heavy atom. The molecular formula is C50H96O6. The molecule has 0 amide bonds. The van der Waals surface area contributed by atoms with Gasteiger partial charge < -0.3 is 14.2 Å². The Kier molecular flexibility index (Phi) is 41.8. The third-order valence-corrected chi connectivity index (χ3v) is 11.2. The molecule has 0 bridgehead atoms. The highest BCUT2D eigenvalue weighted by Crippen LogP contribution is 2.17. The second-order valence-corrected chi connectivity index (χ2v) is 18.1. The average molecular weight is 793 g/mol. The normalized spacial score (nSPS) is 12.1. The third kappa shape index (κ3) is 43.5. The molecule has 0 unspecified atom stereocenters. The topological polar surface area (TPSA) is 78.9 Å². The van der Waals surface area contributed by atoms with E-state index >= 15 is 0 Å². The Bertz CT molecular complexity index is 854. The van der Waals surface area contributed by atoms with E-state index < -0.39 is 6.10 Å². The Hall–Kier alpha value is -1.59. The zero-order valence-electron chi connectivity index (χ0n) is 38.3. The molecule has 0 aromatic carbocycles. The van der Waals surface area contributed by atoms with Crippen molar-refractivity contribution < 1.29 is 28.6 Å². The summed E-state index contributed by atoms with van der Waals surface area (Å²) in [6.45, 7) is 11.3. The van der Waals surface area contributed by atoms with E-state index in [0.717, 1.165) is 69.6 Å². The van der Waals surface area contributed by atoms with E-state index in [2.05, 4.69) is 34.6 Å². The van der Waals surface area contributed by atoms with Crippen molar-refractivity contribution >= 4 is 17.9 Å². The van der Waals surface area contributed by atoms with Crippen molar-refractivity contribution in [2.75, 3.05) is 13.2 Å². The summed E-state index contributed by atoms with van der Waals surface area (Å²) < 4.78 is 16.8. The lowest BCUT2D eigenvalue weighted by Crippen LogP contribution is -2.30. The van der Waals surface area contributed by atoms with Crippen LogP contribution >= 0.6 is 0 Å². The maximum atomic E-state index is 12.7. The monoisotopic (exact) mass is 793 g/mol. The lowest BCUT2D eigenvalue weighted by Gasteiger charge is -2.18. The molecule has 0 N–H and O–H groups in total. The first-order chi connectivity index (χ1) is 27.2. The Morgan fingerprint density at radius 3 is 0.875 bits per heavy atom. The van der Waals surface area contributed by atoms with Gasteiger partial charge in [0.1, 0.15) is 13.2 Å². The summed E-state index contributed by atoms with van der Waals surface area (Å²) in [5.74, 6) is 0.741. The molecule has 0 spiro atoms. The van der Waals surface area contributed by atoms with Crippen LogP contribution in [-0.4, -0.2) is 37.2 Å². The lowest BCUT2D eigenvalue weighted by molar-refractivity contribution is -0.167. The van der Waals surface area contributed by atoms with Crippen LogP contribution in [0.4, 0.5) is 0 Å². The fourth-order valence-corrected chi connectivity index (χ4v) is 7.46. The van der Waals surface area contributed by atoms with Gasteiger partial charge in [0, 0.05) is 19.3 Å². The van der Waals surface area contributed by atoms with Crippen LogP contribution in [0.15, 0.2) is 0 Å². The van der Waals surface area contributed by atoms with Crippen LogP contribution in [0.2, 0.25) is 0 Å². The minimum Gasteiger partial charge on any atom is -0.462 e. The molecule has 6 heteroatoms. The van der Waals surface area contributed by atoms with Crippen LogP contribution in [-0.2, 0) is 28.6 Å². The van der Waals surface area contributed by atoms with E-state index in [9.17, 15) is 14.4 Å². The van der Waals surface area contributed by atoms with Crippen molar-refractivity contribution in [3.8, 4) is 0 Å². The molecule has 0 saturated carbocycles. The van der Waals surface area contributed by atoms with E-state index in [1.807, 2.05) is 0 Å². The molecule has 332 valence electrons. The molecule has 0 aliphatic rings. The van der Waals surface area contributed by atoms with Crippen molar-refractivity contribution in [1.82, 2.24) is 0 Å². The van der Waals surface area contributed by atoms with Crippen molar-refractivity contribution in [3.63, 3.8) is 0 Å². The molecule has 0 aromatic rings. The summed E-state index contributed by atoms with van der Waals surface area (Å²) in [6, 6.07) is 0. The molecule has 0 fully saturated rings. The molecule has 0 radical (unpaired) electrons. The van der Waals surface area contributed by atoms with Crippen LogP contribution in [0.25, 0.3) is 0 Å². The van der Waals surface area contributed by atoms with Crippen LogP contribution < -0.4 is 0 Å². The van der Waals surface area contributed by atoms with Gasteiger partial charge in [0.05, 0.1) is 0 Å². The molecule has 1 atom stereocenters. The maximum absolute atomic E-state index is 12.7. The number of esters is 3. The molecule has 0 aliphatic carbocycles. The summed E-state index contributed by atoms with van der Waals surface area (Å²) in [6.07, 6.45) is 42.4. The van der Waals surface area contributed by atoms with Crippen molar-refractivity contribution in [2.24, 2.45) is 11.8 Å². The first-order valence-corrected chi connectivity index (χ1v) is 24.7. The maximum Gasteiger partial charge on any atom is 0.306 e. The molecule has 6 nitrogen and oxygen atoms in total. The number of hydrogen-bond acceptors (Lipinski definition) is 6. The fraction of sp³-hybridized carbons (Fsp3) is 0.940. The standard InChI is InChI=1S/C50H96O6/c1-6-7-8-9-10-11-12-13-14-15-16-20-25-30-35-40-48(51)54-43-47(56-50(53)42-37-32-27-22-24-29-34-39-46(4)5)44-55-49(52)41-36-31-26-21-18-17-19-23-28-33-38-45(2)3/h45-47H,6-44H2,1-5H3/t47-/m1/s1. The minimum atomic E-state index is -0.761. The minimum absolute atomic E-state index is 0.0648. The van der Waals surface area contributed by atoms with Crippen LogP contribution in [0.1, 0.15) is 272 Å². The Morgan fingerprint density at radius 2 is 0.589 bits per heavy atom. The molecule has 0 saturated heterocycles. The van der Waals surface area contributed by atoms with Crippen LogP contribution in [0.5, 0.6) is 0 Å². The van der Waals surface area contributed by atoms with E-state index in [4.69, 9.17) is 14.2 Å². The first-order valence-electron chi connectivity index (χ1n) is 24.7. The summed E-state index contributed by atoms with van der Waals surface area (Å²) >= 11 is 0. The predicted molar refractivity (Wildman–Crippen MR) is 238 cm³/mol. The number of rotatable bonds is 44. The number of ether oxygens (including phenoxy) is 3. The number of carbonyl (C=O) groups is 3. The van der Waals surface area contributed by atoms with E-state index in [-0.39, 0.29) is 31.1 Å². The van der Waals surface area contributed by atoms with Gasteiger partial charge in [0.15, 0.2) is 6.10 Å². The van der Waals surface area contributed by atoms with Crippen molar-refractivity contribution in [3.05, 3.63) is 0 Å². The van der Waals surface area contributed by atoms with E-state index in [0.29, 0.717) is 19.3 Å². The van der Waals surface area contributed by atoms with Gasteiger partial charge in [-0.2, -0.15) is 0 Å². The van der Waals surface area contributed by atoms with Crippen LogP contribution in [0, 0.1) is 11.8 Å². The molecule has 56 heavy (non-hydrogen) atoms. The molecule has 0 rings (SSSR count). The number of carbonyl (C=O) groups excluding carboxylic acids is 3. The molecule has 0 aromatic heterocycles. The molecule has 0 heterocycles. The van der Waals surface area contributed by atoms with Gasteiger partial charge in [0.25, 0.3) is 0 Å². The second-order valence-electron chi connectivity index (χ2n) is 18.1. The highest BCUT2D eigenvalue weighted by molar-refractivity contribution is 5.71. The molecular weight excluding hydrogens is 697 g/mol. The van der Waals surface area contributed by atoms with E-state index in [1.165, 1.54) is 161 Å². The summed E-state index contributed by atoms with van der Waals surface area (Å²) in [5, 5.41) is 0. The summed E-state index contributed by atoms with van der Waals surface area (Å²) in [4.78, 5) is 37.8. The fourth-order valence-electron chi connectivity index (χ4n) is 7.46. The van der Waals surface area contributed by atoms with Crippen molar-refractivity contribution in [1.29, 1.82) is 0 Å². The number of hydrogen-bond donors (Lipinski definition) is 0. The van der Waals surface area contributed by atoms with Gasteiger partial charge in [-0.1, -0.05) is 234 Å². The highest BCUT2D eigenvalue weighted by atomic mass is 16.6. The zero-order valence-corrected chi connectivity index (χ0v) is 38.3. The summed E-state index contributed by atoms with van der Waals surface area (Å²) in [7, 11) is 0. The Labute approximate surface area is 348 Å². The van der Waals surface area contributed by atoms with Gasteiger partial charge in [-0.15, -0.1) is 0 Å². The smallest absolute Gasteiger partial charge is 0.306 e. The van der Waals surface area contributed by atoms with E-state index in [1.54, 1.807) is 0 Å².